The van der Waals surface area contributed by atoms with E-state index in [0.717, 1.165) is 42.4 Å². The van der Waals surface area contributed by atoms with Crippen molar-refractivity contribution in [3.63, 3.8) is 0 Å². The van der Waals surface area contributed by atoms with Gasteiger partial charge in [0.05, 0.1) is 14.2 Å². The van der Waals surface area contributed by atoms with E-state index in [2.05, 4.69) is 29.3 Å². The lowest BCUT2D eigenvalue weighted by Gasteiger charge is -2.30. The zero-order valence-electron chi connectivity index (χ0n) is 18.4. The highest BCUT2D eigenvalue weighted by Crippen LogP contribution is 2.27. The number of nitrogens with one attached hydrogen (secondary N) is 1. The fourth-order valence-corrected chi connectivity index (χ4v) is 3.87. The van der Waals surface area contributed by atoms with Gasteiger partial charge in [-0.2, -0.15) is 0 Å². The Balaban J connectivity index is 1.41. The number of aryl methyl sites for hydroxylation is 1. The molecule has 5 nitrogen and oxygen atoms in total. The smallest absolute Gasteiger partial charge is 0.251 e. The van der Waals surface area contributed by atoms with Crippen LogP contribution in [0.4, 0.5) is 0 Å². The monoisotopic (exact) mass is 410 g/mol. The highest BCUT2D eigenvalue weighted by molar-refractivity contribution is 5.94. The quantitative estimate of drug-likeness (QED) is 0.626. The lowest BCUT2D eigenvalue weighted by Crippen LogP contribution is -2.32. The van der Waals surface area contributed by atoms with Gasteiger partial charge in [0.2, 0.25) is 0 Å². The maximum Gasteiger partial charge on any atom is 0.251 e. The van der Waals surface area contributed by atoms with Crippen LogP contribution in [-0.4, -0.2) is 44.7 Å². The largest absolute Gasteiger partial charge is 0.493 e. The van der Waals surface area contributed by atoms with Gasteiger partial charge in [-0.05, 0) is 80.1 Å². The molecule has 1 amide bonds. The summed E-state index contributed by atoms with van der Waals surface area (Å²) in [5.41, 5.74) is 3.16. The molecule has 0 spiro atoms. The van der Waals surface area contributed by atoms with Crippen LogP contribution < -0.4 is 14.8 Å². The van der Waals surface area contributed by atoms with Crippen molar-refractivity contribution in [1.29, 1.82) is 0 Å². The van der Waals surface area contributed by atoms with E-state index in [1.165, 1.54) is 37.1 Å². The molecular formula is C25H34N2O3. The molecule has 162 valence electrons. The summed E-state index contributed by atoms with van der Waals surface area (Å²) in [5.74, 6) is 2.30. The van der Waals surface area contributed by atoms with E-state index >= 15 is 0 Å². The fourth-order valence-electron chi connectivity index (χ4n) is 3.87. The van der Waals surface area contributed by atoms with Crippen LogP contribution in [0.15, 0.2) is 42.5 Å². The number of likely N-dealkylation sites (tertiary alicyclic amines) is 1. The summed E-state index contributed by atoms with van der Waals surface area (Å²) in [6.07, 6.45) is 4.30. The van der Waals surface area contributed by atoms with E-state index in [1.54, 1.807) is 14.2 Å². The normalized spacial score (nSPS) is 15.0. The topological polar surface area (TPSA) is 50.8 Å². The van der Waals surface area contributed by atoms with Crippen molar-refractivity contribution in [3.05, 3.63) is 59.2 Å². The van der Waals surface area contributed by atoms with Crippen LogP contribution in [0, 0.1) is 5.92 Å². The van der Waals surface area contributed by atoms with Crippen molar-refractivity contribution in [2.24, 2.45) is 5.92 Å². The molecule has 1 aliphatic heterocycles. The van der Waals surface area contributed by atoms with Gasteiger partial charge < -0.3 is 14.8 Å². The number of benzene rings is 2. The lowest BCUT2D eigenvalue weighted by atomic mass is 9.99. The summed E-state index contributed by atoms with van der Waals surface area (Å²) in [6.45, 7) is 6.28. The standard InChI is InChI=1S/C25H34N2O3/c1-19-12-15-27(16-13-19)18-21-6-9-22(10-7-21)25(28)26-14-4-5-20-8-11-23(29-2)24(17-20)30-3/h6-11,17,19H,4-5,12-16,18H2,1-3H3,(H,26,28). The Labute approximate surface area is 180 Å². The molecule has 2 aromatic rings. The molecule has 3 rings (SSSR count). The van der Waals surface area contributed by atoms with E-state index in [4.69, 9.17) is 9.47 Å². The van der Waals surface area contributed by atoms with E-state index in [0.29, 0.717) is 6.54 Å². The van der Waals surface area contributed by atoms with Crippen molar-refractivity contribution >= 4 is 5.91 Å². The molecule has 2 aromatic carbocycles. The Kier molecular flexibility index (Phi) is 8.14. The molecule has 0 aromatic heterocycles. The zero-order chi connectivity index (χ0) is 21.3. The molecule has 1 fully saturated rings. The summed E-state index contributed by atoms with van der Waals surface area (Å²) >= 11 is 0. The van der Waals surface area contributed by atoms with Gasteiger partial charge in [-0.15, -0.1) is 0 Å². The molecule has 1 saturated heterocycles. The lowest BCUT2D eigenvalue weighted by molar-refractivity contribution is 0.0953. The molecular weight excluding hydrogens is 376 g/mol. The van der Waals surface area contributed by atoms with E-state index < -0.39 is 0 Å². The van der Waals surface area contributed by atoms with Crippen molar-refractivity contribution in [1.82, 2.24) is 10.2 Å². The third-order valence-electron chi connectivity index (χ3n) is 5.87. The molecule has 0 bridgehead atoms. The van der Waals surface area contributed by atoms with Gasteiger partial charge in [-0.1, -0.05) is 25.1 Å². The number of methoxy groups -OCH3 is 2. The third kappa shape index (κ3) is 6.23. The summed E-state index contributed by atoms with van der Waals surface area (Å²) in [5, 5.41) is 3.02. The minimum atomic E-state index is -0.0133. The van der Waals surface area contributed by atoms with Crippen LogP contribution in [0.3, 0.4) is 0 Å². The average Bonchev–Trinajstić information content (AvgIpc) is 2.78. The van der Waals surface area contributed by atoms with Crippen LogP contribution in [0.25, 0.3) is 0 Å². The van der Waals surface area contributed by atoms with Crippen LogP contribution in [-0.2, 0) is 13.0 Å². The fraction of sp³-hybridized carbons (Fsp3) is 0.480. The Bertz CT molecular complexity index is 812. The summed E-state index contributed by atoms with van der Waals surface area (Å²) in [4.78, 5) is 14.9. The Hall–Kier alpha value is -2.53. The van der Waals surface area contributed by atoms with Gasteiger partial charge in [0.1, 0.15) is 0 Å². The summed E-state index contributed by atoms with van der Waals surface area (Å²) < 4.78 is 10.6. The molecule has 0 atom stereocenters. The van der Waals surface area contributed by atoms with Crippen molar-refractivity contribution in [3.8, 4) is 11.5 Å². The van der Waals surface area contributed by atoms with E-state index in [1.807, 2.05) is 30.3 Å². The number of amides is 1. The van der Waals surface area contributed by atoms with Crippen molar-refractivity contribution in [2.45, 2.75) is 39.2 Å². The van der Waals surface area contributed by atoms with Crippen LogP contribution >= 0.6 is 0 Å². The molecule has 0 aliphatic carbocycles. The first-order chi connectivity index (χ1) is 14.6. The first kappa shape index (κ1) is 22.2. The van der Waals surface area contributed by atoms with Crippen LogP contribution in [0.5, 0.6) is 11.5 Å². The Morgan fingerprint density at radius 3 is 2.33 bits per heavy atom. The minimum Gasteiger partial charge on any atom is -0.493 e. The molecule has 1 aliphatic rings. The molecule has 0 unspecified atom stereocenters. The van der Waals surface area contributed by atoms with Crippen LogP contribution in [0.2, 0.25) is 0 Å². The summed E-state index contributed by atoms with van der Waals surface area (Å²) in [7, 11) is 3.27. The first-order valence-corrected chi connectivity index (χ1v) is 10.9. The number of rotatable bonds is 9. The van der Waals surface area contributed by atoms with Gasteiger partial charge in [0, 0.05) is 18.7 Å². The predicted molar refractivity (Wildman–Crippen MR) is 120 cm³/mol. The second-order valence-electron chi connectivity index (χ2n) is 8.20. The number of ether oxygens (including phenoxy) is 2. The van der Waals surface area contributed by atoms with Gasteiger partial charge in [0.15, 0.2) is 11.5 Å². The second kappa shape index (κ2) is 11.0. The van der Waals surface area contributed by atoms with Gasteiger partial charge in [0.25, 0.3) is 5.91 Å². The highest BCUT2D eigenvalue weighted by atomic mass is 16.5. The van der Waals surface area contributed by atoms with Crippen molar-refractivity contribution in [2.75, 3.05) is 33.9 Å². The highest BCUT2D eigenvalue weighted by Gasteiger charge is 2.15. The molecule has 5 heteroatoms. The number of hydrogen-bond donors (Lipinski definition) is 1. The summed E-state index contributed by atoms with van der Waals surface area (Å²) in [6, 6.07) is 14.0. The van der Waals surface area contributed by atoms with E-state index in [-0.39, 0.29) is 5.91 Å². The number of carbonyl (C=O) groups excluding carboxylic acids is 1. The van der Waals surface area contributed by atoms with Crippen LogP contribution in [0.1, 0.15) is 47.7 Å². The number of nitrogens with zero attached hydrogens (tertiary/aromatic N) is 1. The number of hydrogen-bond acceptors (Lipinski definition) is 4. The second-order valence-corrected chi connectivity index (χ2v) is 8.20. The maximum absolute atomic E-state index is 12.4. The first-order valence-electron chi connectivity index (χ1n) is 10.9. The molecule has 1 heterocycles. The maximum atomic E-state index is 12.4. The third-order valence-corrected chi connectivity index (χ3v) is 5.87. The van der Waals surface area contributed by atoms with Crippen molar-refractivity contribution < 1.29 is 14.3 Å². The molecule has 1 N–H and O–H groups in total. The predicted octanol–water partition coefficient (Wildman–Crippen LogP) is 4.30. The van der Waals surface area contributed by atoms with Gasteiger partial charge in [-0.25, -0.2) is 0 Å². The van der Waals surface area contributed by atoms with Gasteiger partial charge in [-0.3, -0.25) is 9.69 Å². The average molecular weight is 411 g/mol. The molecule has 0 radical (unpaired) electrons. The van der Waals surface area contributed by atoms with E-state index in [9.17, 15) is 4.79 Å². The number of piperidine rings is 1. The number of carbonyl (C=O) groups is 1. The zero-order valence-corrected chi connectivity index (χ0v) is 18.4. The Morgan fingerprint density at radius 2 is 1.67 bits per heavy atom. The SMILES string of the molecule is COc1ccc(CCCNC(=O)c2ccc(CN3CCC(C)CC3)cc2)cc1OC. The molecule has 30 heavy (non-hydrogen) atoms. The minimum absolute atomic E-state index is 0.0133. The Morgan fingerprint density at radius 1 is 1.00 bits per heavy atom. The van der Waals surface area contributed by atoms with Gasteiger partial charge >= 0.3 is 0 Å². The molecule has 0 saturated carbocycles.